The summed E-state index contributed by atoms with van der Waals surface area (Å²) in [6.07, 6.45) is 3.98. The van der Waals surface area contributed by atoms with Gasteiger partial charge in [0.05, 0.1) is 29.3 Å². The Balaban J connectivity index is 1.30. The molecule has 9 nitrogen and oxygen atoms in total. The maximum absolute atomic E-state index is 13.2. The van der Waals surface area contributed by atoms with E-state index in [1.807, 2.05) is 48.0 Å². The van der Waals surface area contributed by atoms with Crippen LogP contribution in [0.2, 0.25) is 0 Å². The van der Waals surface area contributed by atoms with Gasteiger partial charge in [-0.3, -0.25) is 0 Å². The quantitative estimate of drug-likeness (QED) is 0.397. The molecule has 1 saturated carbocycles. The van der Waals surface area contributed by atoms with Crippen LogP contribution in [0.1, 0.15) is 30.1 Å². The van der Waals surface area contributed by atoms with Gasteiger partial charge in [0.2, 0.25) is 10.0 Å². The predicted octanol–water partition coefficient (Wildman–Crippen LogP) is 3.52. The van der Waals surface area contributed by atoms with Crippen LogP contribution in [0.4, 0.5) is 5.82 Å². The van der Waals surface area contributed by atoms with Gasteiger partial charge in [0, 0.05) is 32.1 Å². The van der Waals surface area contributed by atoms with Crippen LogP contribution in [0, 0.1) is 6.92 Å². The van der Waals surface area contributed by atoms with E-state index in [4.69, 9.17) is 14.7 Å². The number of benzene rings is 2. The summed E-state index contributed by atoms with van der Waals surface area (Å²) in [5.41, 5.74) is 2.70. The number of sulfonamides is 1. The van der Waals surface area contributed by atoms with Gasteiger partial charge < -0.3 is 9.64 Å². The number of nitrogens with zero attached hydrogens (tertiary/aromatic N) is 6. The van der Waals surface area contributed by atoms with E-state index < -0.39 is 10.0 Å². The van der Waals surface area contributed by atoms with Crippen LogP contribution in [0.5, 0.6) is 5.75 Å². The summed E-state index contributed by atoms with van der Waals surface area (Å²) < 4.78 is 35.0. The standard InChI is InChI=1S/C26H28N6O3S/c1-18-3-11-22(12-4-18)36(33,34)31-15-13-30(14-16-31)25-23-17-27-32(20-7-9-21(35-2)10-8-20)26(23)29-24(28-25)19-5-6-19/h3-4,7-12,17,19H,5-6,13-16H2,1-2H3. The first kappa shape index (κ1) is 22.9. The number of rotatable bonds is 6. The number of methoxy groups -OCH3 is 1. The monoisotopic (exact) mass is 504 g/mol. The van der Waals surface area contributed by atoms with Gasteiger partial charge in [-0.15, -0.1) is 0 Å². The van der Waals surface area contributed by atoms with Crippen molar-refractivity contribution < 1.29 is 13.2 Å². The van der Waals surface area contributed by atoms with Crippen molar-refractivity contribution in [3.63, 3.8) is 0 Å². The van der Waals surface area contributed by atoms with Gasteiger partial charge in [0.15, 0.2) is 5.65 Å². The summed E-state index contributed by atoms with van der Waals surface area (Å²) >= 11 is 0. The van der Waals surface area contributed by atoms with Crippen LogP contribution in [0.15, 0.2) is 59.6 Å². The zero-order valence-corrected chi connectivity index (χ0v) is 21.1. The molecule has 3 heterocycles. The maximum atomic E-state index is 13.2. The first-order valence-corrected chi connectivity index (χ1v) is 13.6. The van der Waals surface area contributed by atoms with E-state index in [2.05, 4.69) is 10.00 Å². The lowest BCUT2D eigenvalue weighted by molar-refractivity contribution is 0.384. The Labute approximate surface area is 210 Å². The van der Waals surface area contributed by atoms with Gasteiger partial charge in [0.1, 0.15) is 17.4 Å². The molecule has 0 atom stereocenters. The fourth-order valence-electron chi connectivity index (χ4n) is 4.59. The van der Waals surface area contributed by atoms with Crippen molar-refractivity contribution in [1.82, 2.24) is 24.1 Å². The number of fused-ring (bicyclic) bond motifs is 1. The average Bonchev–Trinajstić information content (AvgIpc) is 3.68. The van der Waals surface area contributed by atoms with E-state index in [0.717, 1.165) is 52.5 Å². The number of piperazine rings is 1. The first-order valence-electron chi connectivity index (χ1n) is 12.2. The molecule has 2 aromatic heterocycles. The van der Waals surface area contributed by atoms with Gasteiger partial charge >= 0.3 is 0 Å². The highest BCUT2D eigenvalue weighted by Crippen LogP contribution is 2.40. The summed E-state index contributed by atoms with van der Waals surface area (Å²) in [7, 11) is -1.88. The number of anilines is 1. The lowest BCUT2D eigenvalue weighted by Gasteiger charge is -2.35. The molecule has 0 bridgehead atoms. The van der Waals surface area contributed by atoms with Crippen molar-refractivity contribution in [2.24, 2.45) is 0 Å². The highest BCUT2D eigenvalue weighted by molar-refractivity contribution is 7.89. The van der Waals surface area contributed by atoms with Gasteiger partial charge in [-0.25, -0.2) is 23.1 Å². The molecule has 186 valence electrons. The number of hydrogen-bond acceptors (Lipinski definition) is 7. The number of hydrogen-bond donors (Lipinski definition) is 0. The van der Waals surface area contributed by atoms with Crippen molar-refractivity contribution in [3.05, 3.63) is 66.1 Å². The van der Waals surface area contributed by atoms with Crippen LogP contribution >= 0.6 is 0 Å². The average molecular weight is 505 g/mol. The Morgan fingerprint density at radius 2 is 1.61 bits per heavy atom. The van der Waals surface area contributed by atoms with E-state index in [-0.39, 0.29) is 0 Å². The van der Waals surface area contributed by atoms with Crippen LogP contribution in [-0.4, -0.2) is 65.8 Å². The van der Waals surface area contributed by atoms with E-state index in [1.54, 1.807) is 29.7 Å². The highest BCUT2D eigenvalue weighted by Gasteiger charge is 2.32. The van der Waals surface area contributed by atoms with Gasteiger partial charge in [-0.1, -0.05) is 17.7 Å². The molecule has 2 aromatic carbocycles. The third-order valence-electron chi connectivity index (χ3n) is 6.88. The van der Waals surface area contributed by atoms with Crippen molar-refractivity contribution in [3.8, 4) is 11.4 Å². The summed E-state index contributed by atoms with van der Waals surface area (Å²) in [6.45, 7) is 3.84. The molecule has 2 fully saturated rings. The predicted molar refractivity (Wildman–Crippen MR) is 137 cm³/mol. The molecule has 2 aliphatic rings. The smallest absolute Gasteiger partial charge is 0.243 e. The van der Waals surface area contributed by atoms with Gasteiger partial charge in [-0.05, 0) is 56.2 Å². The third kappa shape index (κ3) is 4.10. The molecule has 1 aliphatic heterocycles. The Bertz CT molecular complexity index is 1500. The van der Waals surface area contributed by atoms with Crippen molar-refractivity contribution in [1.29, 1.82) is 0 Å². The van der Waals surface area contributed by atoms with Gasteiger partial charge in [-0.2, -0.15) is 9.40 Å². The molecule has 0 spiro atoms. The molecule has 0 N–H and O–H groups in total. The highest BCUT2D eigenvalue weighted by atomic mass is 32.2. The van der Waals surface area contributed by atoms with Crippen LogP contribution < -0.4 is 9.64 Å². The number of aryl methyl sites for hydroxylation is 1. The van der Waals surface area contributed by atoms with E-state index in [1.165, 1.54) is 0 Å². The summed E-state index contributed by atoms with van der Waals surface area (Å²) in [5, 5.41) is 5.50. The molecular formula is C26H28N6O3S. The zero-order valence-electron chi connectivity index (χ0n) is 20.3. The molecule has 0 amide bonds. The fraction of sp³-hybridized carbons (Fsp3) is 0.346. The first-order chi connectivity index (χ1) is 17.4. The molecule has 0 radical (unpaired) electrons. The minimum atomic E-state index is -3.53. The Morgan fingerprint density at radius 1 is 0.917 bits per heavy atom. The Morgan fingerprint density at radius 3 is 2.25 bits per heavy atom. The van der Waals surface area contributed by atoms with E-state index in [9.17, 15) is 8.42 Å². The van der Waals surface area contributed by atoms with Crippen molar-refractivity contribution in [2.45, 2.75) is 30.6 Å². The van der Waals surface area contributed by atoms with Crippen molar-refractivity contribution in [2.75, 3.05) is 38.2 Å². The summed E-state index contributed by atoms with van der Waals surface area (Å²) in [4.78, 5) is 12.3. The molecule has 0 unspecified atom stereocenters. The topological polar surface area (TPSA) is 93.5 Å². The van der Waals surface area contributed by atoms with E-state index >= 15 is 0 Å². The Kier molecular flexibility index (Phi) is 5.65. The Hall–Kier alpha value is -3.50. The molecular weight excluding hydrogens is 476 g/mol. The lowest BCUT2D eigenvalue weighted by atomic mass is 10.2. The third-order valence-corrected chi connectivity index (χ3v) is 8.79. The largest absolute Gasteiger partial charge is 0.497 e. The molecule has 6 rings (SSSR count). The maximum Gasteiger partial charge on any atom is 0.243 e. The minimum absolute atomic E-state index is 0.336. The number of aromatic nitrogens is 4. The van der Waals surface area contributed by atoms with Crippen LogP contribution in [0.3, 0.4) is 0 Å². The number of ether oxygens (including phenoxy) is 1. The lowest BCUT2D eigenvalue weighted by Crippen LogP contribution is -2.49. The molecule has 10 heteroatoms. The molecule has 1 saturated heterocycles. The van der Waals surface area contributed by atoms with Gasteiger partial charge in [0.25, 0.3) is 0 Å². The second kappa shape index (κ2) is 8.86. The van der Waals surface area contributed by atoms with Crippen LogP contribution in [0.25, 0.3) is 16.7 Å². The molecule has 36 heavy (non-hydrogen) atoms. The van der Waals surface area contributed by atoms with E-state index in [0.29, 0.717) is 37.0 Å². The summed E-state index contributed by atoms with van der Waals surface area (Å²) in [5.74, 6) is 2.81. The van der Waals surface area contributed by atoms with Crippen molar-refractivity contribution >= 4 is 26.9 Å². The second-order valence-corrected chi connectivity index (χ2v) is 11.3. The van der Waals surface area contributed by atoms with Crippen LogP contribution in [-0.2, 0) is 10.0 Å². The minimum Gasteiger partial charge on any atom is -0.497 e. The molecule has 1 aliphatic carbocycles. The second-order valence-electron chi connectivity index (χ2n) is 9.38. The zero-order chi connectivity index (χ0) is 24.9. The normalized spacial score (nSPS) is 17.0. The fourth-order valence-corrected chi connectivity index (χ4v) is 6.01. The molecule has 4 aromatic rings. The summed E-state index contributed by atoms with van der Waals surface area (Å²) in [6, 6.07) is 14.8. The SMILES string of the molecule is COc1ccc(-n2ncc3c(N4CCN(S(=O)(=O)c5ccc(C)cc5)CC4)nc(C4CC4)nc32)cc1.